The molecule has 1 heterocycles. The molecular formula is C24H14BrClN2O6S. The lowest BCUT2D eigenvalue weighted by atomic mass is 10.1. The molecule has 8 nitrogen and oxygen atoms in total. The highest BCUT2D eigenvalue weighted by Crippen LogP contribution is 2.36. The Hall–Kier alpha value is -3.47. The molecule has 35 heavy (non-hydrogen) atoms. The molecule has 0 atom stereocenters. The van der Waals surface area contributed by atoms with E-state index in [-0.39, 0.29) is 33.5 Å². The zero-order valence-corrected chi connectivity index (χ0v) is 20.8. The van der Waals surface area contributed by atoms with Crippen molar-refractivity contribution in [1.82, 2.24) is 4.90 Å². The van der Waals surface area contributed by atoms with Crippen LogP contribution in [0.2, 0.25) is 5.02 Å². The summed E-state index contributed by atoms with van der Waals surface area (Å²) < 4.78 is 6.20. The van der Waals surface area contributed by atoms with E-state index < -0.39 is 22.0 Å². The molecule has 1 aliphatic heterocycles. The van der Waals surface area contributed by atoms with E-state index >= 15 is 0 Å². The van der Waals surface area contributed by atoms with Crippen LogP contribution in [-0.4, -0.2) is 26.9 Å². The van der Waals surface area contributed by atoms with Gasteiger partial charge in [-0.15, -0.1) is 0 Å². The van der Waals surface area contributed by atoms with E-state index in [1.54, 1.807) is 36.4 Å². The molecule has 3 aromatic rings. The number of benzene rings is 3. The molecule has 1 aliphatic rings. The van der Waals surface area contributed by atoms with Crippen molar-refractivity contribution >= 4 is 68.2 Å². The highest BCUT2D eigenvalue weighted by Gasteiger charge is 2.35. The lowest BCUT2D eigenvalue weighted by Gasteiger charge is -2.12. The first-order valence-electron chi connectivity index (χ1n) is 9.98. The van der Waals surface area contributed by atoms with Crippen molar-refractivity contribution in [1.29, 1.82) is 0 Å². The van der Waals surface area contributed by atoms with Crippen molar-refractivity contribution in [3.05, 3.63) is 108 Å². The molecule has 1 saturated heterocycles. The van der Waals surface area contributed by atoms with Gasteiger partial charge in [0.25, 0.3) is 16.8 Å². The van der Waals surface area contributed by atoms with Crippen LogP contribution in [0, 0.1) is 10.1 Å². The van der Waals surface area contributed by atoms with Gasteiger partial charge in [0.15, 0.2) is 0 Å². The SMILES string of the molecule is O=C(Oc1ccc(Br)cc1/C=C1\SC(=O)N(Cc2ccc([N+](=O)[O-])cc2)C1=O)c1ccccc1Cl. The Morgan fingerprint density at radius 1 is 1.11 bits per heavy atom. The molecule has 2 amide bonds. The maximum atomic E-state index is 13.0. The van der Waals surface area contributed by atoms with Crippen LogP contribution in [-0.2, 0) is 11.3 Å². The van der Waals surface area contributed by atoms with Crippen molar-refractivity contribution < 1.29 is 24.0 Å². The number of ether oxygens (including phenoxy) is 1. The number of non-ortho nitro benzene ring substituents is 1. The quantitative estimate of drug-likeness (QED) is 0.109. The highest BCUT2D eigenvalue weighted by atomic mass is 79.9. The van der Waals surface area contributed by atoms with E-state index in [1.165, 1.54) is 36.4 Å². The van der Waals surface area contributed by atoms with Gasteiger partial charge >= 0.3 is 5.97 Å². The molecule has 4 rings (SSSR count). The molecule has 3 aromatic carbocycles. The molecule has 0 radical (unpaired) electrons. The van der Waals surface area contributed by atoms with Gasteiger partial charge < -0.3 is 4.74 Å². The summed E-state index contributed by atoms with van der Waals surface area (Å²) in [4.78, 5) is 49.6. The van der Waals surface area contributed by atoms with Gasteiger partial charge in [0.05, 0.1) is 27.0 Å². The average Bonchev–Trinajstić information content (AvgIpc) is 3.08. The van der Waals surface area contributed by atoms with Crippen molar-refractivity contribution in [2.75, 3.05) is 0 Å². The van der Waals surface area contributed by atoms with E-state index in [2.05, 4.69) is 15.9 Å². The zero-order valence-electron chi connectivity index (χ0n) is 17.6. The topological polar surface area (TPSA) is 107 Å². The highest BCUT2D eigenvalue weighted by molar-refractivity contribution is 9.10. The number of nitrogens with zero attached hydrogens (tertiary/aromatic N) is 2. The number of thioether (sulfide) groups is 1. The van der Waals surface area contributed by atoms with Gasteiger partial charge in [-0.3, -0.25) is 24.6 Å². The Balaban J connectivity index is 1.57. The molecule has 0 spiro atoms. The number of halogens is 2. The van der Waals surface area contributed by atoms with Crippen LogP contribution in [0.3, 0.4) is 0 Å². The predicted octanol–water partition coefficient (Wildman–Crippen LogP) is 6.47. The summed E-state index contributed by atoms with van der Waals surface area (Å²) in [6.07, 6.45) is 1.47. The van der Waals surface area contributed by atoms with Gasteiger partial charge in [-0.05, 0) is 53.7 Å². The van der Waals surface area contributed by atoms with E-state index in [1.807, 2.05) is 0 Å². The molecule has 0 aliphatic carbocycles. The first-order valence-corrected chi connectivity index (χ1v) is 12.0. The number of esters is 1. The van der Waals surface area contributed by atoms with Crippen molar-refractivity contribution in [3.8, 4) is 5.75 Å². The summed E-state index contributed by atoms with van der Waals surface area (Å²) >= 11 is 10.2. The molecule has 0 bridgehead atoms. The third kappa shape index (κ3) is 5.61. The molecular weight excluding hydrogens is 560 g/mol. The summed E-state index contributed by atoms with van der Waals surface area (Å²) in [5, 5.41) is 10.6. The van der Waals surface area contributed by atoms with Crippen LogP contribution < -0.4 is 4.74 Å². The predicted molar refractivity (Wildman–Crippen MR) is 135 cm³/mol. The van der Waals surface area contributed by atoms with E-state index in [0.29, 0.717) is 15.6 Å². The minimum absolute atomic E-state index is 0.0349. The van der Waals surface area contributed by atoms with Crippen molar-refractivity contribution in [3.63, 3.8) is 0 Å². The number of carbonyl (C=O) groups excluding carboxylic acids is 3. The third-order valence-corrected chi connectivity index (χ3v) is 6.65. The normalized spacial score (nSPS) is 14.5. The molecule has 11 heteroatoms. The summed E-state index contributed by atoms with van der Waals surface area (Å²) in [6.45, 7) is -0.0349. The van der Waals surface area contributed by atoms with Crippen LogP contribution in [0.1, 0.15) is 21.5 Å². The number of hydrogen-bond acceptors (Lipinski definition) is 7. The van der Waals surface area contributed by atoms with Gasteiger partial charge in [0.2, 0.25) is 0 Å². The van der Waals surface area contributed by atoms with Gasteiger partial charge in [-0.2, -0.15) is 0 Å². The fraction of sp³-hybridized carbons (Fsp3) is 0.0417. The number of nitro benzene ring substituents is 1. The first kappa shape index (κ1) is 24.6. The lowest BCUT2D eigenvalue weighted by Crippen LogP contribution is -2.27. The third-order valence-electron chi connectivity index (χ3n) is 4.92. The summed E-state index contributed by atoms with van der Waals surface area (Å²) in [5.74, 6) is -1.01. The minimum Gasteiger partial charge on any atom is -0.422 e. The maximum absolute atomic E-state index is 13.0. The number of imide groups is 1. The minimum atomic E-state index is -0.668. The van der Waals surface area contributed by atoms with Crippen molar-refractivity contribution in [2.45, 2.75) is 6.54 Å². The first-order chi connectivity index (χ1) is 16.7. The summed E-state index contributed by atoms with van der Waals surface area (Å²) in [7, 11) is 0. The van der Waals surface area contributed by atoms with Crippen LogP contribution in [0.4, 0.5) is 10.5 Å². The van der Waals surface area contributed by atoms with Crippen LogP contribution in [0.25, 0.3) is 6.08 Å². The van der Waals surface area contributed by atoms with E-state index in [9.17, 15) is 24.5 Å². The number of nitro groups is 1. The smallest absolute Gasteiger partial charge is 0.345 e. The van der Waals surface area contributed by atoms with Crippen LogP contribution >= 0.6 is 39.3 Å². The monoisotopic (exact) mass is 572 g/mol. The number of carbonyl (C=O) groups is 3. The Morgan fingerprint density at radius 3 is 2.51 bits per heavy atom. The van der Waals surface area contributed by atoms with Gasteiger partial charge in [0.1, 0.15) is 5.75 Å². The van der Waals surface area contributed by atoms with Crippen molar-refractivity contribution in [2.24, 2.45) is 0 Å². The van der Waals surface area contributed by atoms with Gasteiger partial charge in [-0.25, -0.2) is 4.79 Å². The van der Waals surface area contributed by atoms with E-state index in [4.69, 9.17) is 16.3 Å². The average molecular weight is 574 g/mol. The van der Waals surface area contributed by atoms with Gasteiger partial charge in [0, 0.05) is 22.2 Å². The Bertz CT molecular complexity index is 1390. The summed E-state index contributed by atoms with van der Waals surface area (Å²) in [5.41, 5.74) is 1.07. The summed E-state index contributed by atoms with van der Waals surface area (Å²) in [6, 6.07) is 16.9. The standard InChI is InChI=1S/C24H14BrClN2O6S/c25-16-7-10-20(34-23(30)18-3-1-2-4-19(18)26)15(11-16)12-21-22(29)27(24(31)35-21)13-14-5-8-17(9-6-14)28(32)33/h1-12H,13H2/b21-12-. The fourth-order valence-corrected chi connectivity index (χ4v) is 4.61. The second-order valence-electron chi connectivity index (χ2n) is 7.24. The zero-order chi connectivity index (χ0) is 25.1. The molecule has 1 fully saturated rings. The Morgan fingerprint density at radius 2 is 1.83 bits per heavy atom. The van der Waals surface area contributed by atoms with Crippen LogP contribution in [0.15, 0.2) is 76.1 Å². The number of hydrogen-bond donors (Lipinski definition) is 0. The second-order valence-corrected chi connectivity index (χ2v) is 9.56. The van der Waals surface area contributed by atoms with Gasteiger partial charge in [-0.1, -0.05) is 51.8 Å². The number of amides is 2. The largest absolute Gasteiger partial charge is 0.422 e. The fourth-order valence-electron chi connectivity index (χ4n) is 3.19. The Kier molecular flexibility index (Phi) is 7.34. The molecule has 0 aromatic heterocycles. The Labute approximate surface area is 216 Å². The lowest BCUT2D eigenvalue weighted by molar-refractivity contribution is -0.384. The number of rotatable bonds is 6. The van der Waals surface area contributed by atoms with Crippen LogP contribution in [0.5, 0.6) is 5.75 Å². The van der Waals surface area contributed by atoms with E-state index in [0.717, 1.165) is 16.7 Å². The molecule has 0 unspecified atom stereocenters. The maximum Gasteiger partial charge on any atom is 0.345 e. The second kappa shape index (κ2) is 10.4. The molecule has 0 N–H and O–H groups in total. The molecule has 176 valence electrons. The molecule has 0 saturated carbocycles.